The van der Waals surface area contributed by atoms with Crippen molar-refractivity contribution in [2.75, 3.05) is 5.32 Å². The number of halogens is 1. The predicted octanol–water partition coefficient (Wildman–Crippen LogP) is 3.24. The normalized spacial score (nSPS) is 15.7. The van der Waals surface area contributed by atoms with Gasteiger partial charge in [0.1, 0.15) is 12.0 Å². The van der Waals surface area contributed by atoms with Crippen molar-refractivity contribution in [1.82, 2.24) is 4.98 Å². The van der Waals surface area contributed by atoms with Gasteiger partial charge in [-0.15, -0.1) is 0 Å². The number of nitro groups is 1. The molecule has 1 aliphatic rings. The smallest absolute Gasteiger partial charge is 0.289 e. The molecule has 2 rings (SSSR count). The number of nitrogens with one attached hydrogen (secondary N) is 1. The highest BCUT2D eigenvalue weighted by atomic mass is 35.5. The summed E-state index contributed by atoms with van der Waals surface area (Å²) in [5, 5.41) is 14.1. The van der Waals surface area contributed by atoms with Gasteiger partial charge in [-0.25, -0.2) is 4.98 Å². The summed E-state index contributed by atoms with van der Waals surface area (Å²) in [6, 6.07) is 1.32. The number of pyridine rings is 1. The molecule has 1 heterocycles. The molecular formula is C11H14ClN3O2. The molecule has 1 saturated carbocycles. The Balaban J connectivity index is 2.19. The van der Waals surface area contributed by atoms with E-state index < -0.39 is 4.92 Å². The number of nitrogens with zero attached hydrogens (tertiary/aromatic N) is 2. The SMILES string of the molecule is CC(C)(Nc1ncc([N+](=O)[O-])cc1Cl)C1CC1. The minimum Gasteiger partial charge on any atom is -0.364 e. The van der Waals surface area contributed by atoms with Crippen LogP contribution in [-0.2, 0) is 0 Å². The first-order chi connectivity index (χ1) is 7.90. The fourth-order valence-corrected chi connectivity index (χ4v) is 2.04. The van der Waals surface area contributed by atoms with Gasteiger partial charge < -0.3 is 5.32 Å². The van der Waals surface area contributed by atoms with Gasteiger partial charge in [0.15, 0.2) is 0 Å². The zero-order chi connectivity index (χ0) is 12.6. The number of aromatic nitrogens is 1. The highest BCUT2D eigenvalue weighted by Crippen LogP contribution is 2.41. The maximum absolute atomic E-state index is 10.6. The predicted molar refractivity (Wildman–Crippen MR) is 66.3 cm³/mol. The minimum atomic E-state index is -0.505. The van der Waals surface area contributed by atoms with Crippen molar-refractivity contribution < 1.29 is 4.92 Å². The van der Waals surface area contributed by atoms with Crippen molar-refractivity contribution in [2.24, 2.45) is 5.92 Å². The van der Waals surface area contributed by atoms with Crippen LogP contribution >= 0.6 is 11.6 Å². The van der Waals surface area contributed by atoms with Crippen LogP contribution in [0.4, 0.5) is 11.5 Å². The zero-order valence-electron chi connectivity index (χ0n) is 9.74. The van der Waals surface area contributed by atoms with Crippen molar-refractivity contribution in [3.8, 4) is 0 Å². The summed E-state index contributed by atoms with van der Waals surface area (Å²) in [4.78, 5) is 14.1. The largest absolute Gasteiger partial charge is 0.364 e. The van der Waals surface area contributed by atoms with E-state index in [0.29, 0.717) is 11.7 Å². The monoisotopic (exact) mass is 255 g/mol. The molecule has 0 amide bonds. The fraction of sp³-hybridized carbons (Fsp3) is 0.545. The lowest BCUT2D eigenvalue weighted by Crippen LogP contribution is -2.33. The molecular weight excluding hydrogens is 242 g/mol. The number of anilines is 1. The van der Waals surface area contributed by atoms with Crippen molar-refractivity contribution in [1.29, 1.82) is 0 Å². The third-order valence-corrected chi connectivity index (χ3v) is 3.36. The molecule has 1 N–H and O–H groups in total. The maximum Gasteiger partial charge on any atom is 0.289 e. The molecule has 17 heavy (non-hydrogen) atoms. The van der Waals surface area contributed by atoms with Gasteiger partial charge in [0.2, 0.25) is 0 Å². The topological polar surface area (TPSA) is 68.1 Å². The van der Waals surface area contributed by atoms with E-state index in [2.05, 4.69) is 24.1 Å². The average Bonchev–Trinajstić information content (AvgIpc) is 3.04. The van der Waals surface area contributed by atoms with Gasteiger partial charge in [-0.2, -0.15) is 0 Å². The highest BCUT2D eigenvalue weighted by Gasteiger charge is 2.38. The molecule has 0 bridgehead atoms. The van der Waals surface area contributed by atoms with Crippen LogP contribution in [0.1, 0.15) is 26.7 Å². The van der Waals surface area contributed by atoms with E-state index in [9.17, 15) is 10.1 Å². The first-order valence-electron chi connectivity index (χ1n) is 5.48. The van der Waals surface area contributed by atoms with E-state index in [0.717, 1.165) is 0 Å². The van der Waals surface area contributed by atoms with E-state index in [4.69, 9.17) is 11.6 Å². The quantitative estimate of drug-likeness (QED) is 0.662. The third kappa shape index (κ3) is 2.66. The standard InChI is InChI=1S/C11H14ClN3O2/c1-11(2,7-3-4-7)14-10-9(12)5-8(6-13-10)15(16)17/h5-7H,3-4H2,1-2H3,(H,13,14). The van der Waals surface area contributed by atoms with Gasteiger partial charge >= 0.3 is 0 Å². The Kier molecular flexibility index (Phi) is 2.95. The van der Waals surface area contributed by atoms with Crippen LogP contribution in [0.25, 0.3) is 0 Å². The van der Waals surface area contributed by atoms with Crippen LogP contribution in [-0.4, -0.2) is 15.4 Å². The first kappa shape index (κ1) is 12.1. The highest BCUT2D eigenvalue weighted by molar-refractivity contribution is 6.33. The Morgan fingerprint density at radius 1 is 1.59 bits per heavy atom. The summed E-state index contributed by atoms with van der Waals surface area (Å²) >= 11 is 5.98. The molecule has 6 heteroatoms. The Hall–Kier alpha value is -1.36. The van der Waals surface area contributed by atoms with E-state index in [1.54, 1.807) is 0 Å². The molecule has 1 aliphatic carbocycles. The Bertz CT molecular complexity index is 458. The Morgan fingerprint density at radius 2 is 2.24 bits per heavy atom. The number of hydrogen-bond donors (Lipinski definition) is 1. The van der Waals surface area contributed by atoms with Crippen LogP contribution in [0.3, 0.4) is 0 Å². The summed E-state index contributed by atoms with van der Waals surface area (Å²) in [6.45, 7) is 4.17. The number of rotatable bonds is 4. The minimum absolute atomic E-state index is 0.0766. The molecule has 1 fully saturated rings. The lowest BCUT2D eigenvalue weighted by atomic mass is 9.99. The van der Waals surface area contributed by atoms with Crippen LogP contribution in [0.2, 0.25) is 5.02 Å². The first-order valence-corrected chi connectivity index (χ1v) is 5.86. The molecule has 0 radical (unpaired) electrons. The summed E-state index contributed by atoms with van der Waals surface area (Å²) < 4.78 is 0. The van der Waals surface area contributed by atoms with Crippen molar-refractivity contribution >= 4 is 23.1 Å². The Labute approximate surface area is 104 Å². The second-order valence-corrected chi connectivity index (χ2v) is 5.31. The average molecular weight is 256 g/mol. The van der Waals surface area contributed by atoms with Crippen LogP contribution in [0, 0.1) is 16.0 Å². The van der Waals surface area contributed by atoms with Gasteiger partial charge in [0.25, 0.3) is 5.69 Å². The van der Waals surface area contributed by atoms with E-state index in [1.807, 2.05) is 0 Å². The molecule has 5 nitrogen and oxygen atoms in total. The molecule has 0 atom stereocenters. The second-order valence-electron chi connectivity index (χ2n) is 4.90. The van der Waals surface area contributed by atoms with Crippen molar-refractivity contribution in [3.05, 3.63) is 27.4 Å². The van der Waals surface area contributed by atoms with Gasteiger partial charge in [0, 0.05) is 11.6 Å². The lowest BCUT2D eigenvalue weighted by molar-refractivity contribution is -0.385. The van der Waals surface area contributed by atoms with Crippen LogP contribution < -0.4 is 5.32 Å². The van der Waals surface area contributed by atoms with E-state index in [-0.39, 0.29) is 16.2 Å². The second kappa shape index (κ2) is 4.14. The molecule has 0 aliphatic heterocycles. The molecule has 0 aromatic carbocycles. The summed E-state index contributed by atoms with van der Waals surface area (Å²) in [5.74, 6) is 1.13. The number of hydrogen-bond acceptors (Lipinski definition) is 4. The van der Waals surface area contributed by atoms with Gasteiger partial charge in [-0.1, -0.05) is 11.6 Å². The molecule has 0 unspecified atom stereocenters. The zero-order valence-corrected chi connectivity index (χ0v) is 10.5. The summed E-state index contributed by atoms with van der Waals surface area (Å²) in [5.41, 5.74) is -0.169. The van der Waals surface area contributed by atoms with E-state index in [1.165, 1.54) is 25.1 Å². The van der Waals surface area contributed by atoms with Gasteiger partial charge in [-0.05, 0) is 32.6 Å². The van der Waals surface area contributed by atoms with Gasteiger partial charge in [0.05, 0.1) is 9.95 Å². The van der Waals surface area contributed by atoms with Gasteiger partial charge in [-0.3, -0.25) is 10.1 Å². The third-order valence-electron chi connectivity index (χ3n) is 3.08. The van der Waals surface area contributed by atoms with Crippen LogP contribution in [0.5, 0.6) is 0 Å². The molecule has 1 aromatic rings. The molecule has 92 valence electrons. The molecule has 0 saturated heterocycles. The fourth-order valence-electron chi connectivity index (χ4n) is 1.83. The summed E-state index contributed by atoms with van der Waals surface area (Å²) in [7, 11) is 0. The Morgan fingerprint density at radius 3 is 2.71 bits per heavy atom. The molecule has 1 aromatic heterocycles. The van der Waals surface area contributed by atoms with Crippen molar-refractivity contribution in [3.63, 3.8) is 0 Å². The van der Waals surface area contributed by atoms with E-state index >= 15 is 0 Å². The molecule has 0 spiro atoms. The lowest BCUT2D eigenvalue weighted by Gasteiger charge is -2.27. The van der Waals surface area contributed by atoms with Crippen molar-refractivity contribution in [2.45, 2.75) is 32.2 Å². The van der Waals surface area contributed by atoms with Crippen LogP contribution in [0.15, 0.2) is 12.3 Å². The maximum atomic E-state index is 10.6. The summed E-state index contributed by atoms with van der Waals surface area (Å²) in [6.07, 6.45) is 3.62.